The molecule has 3 aromatic rings. The third-order valence-electron chi connectivity index (χ3n) is 3.80. The van der Waals surface area contributed by atoms with E-state index in [0.717, 1.165) is 17.0 Å². The zero-order valence-electron chi connectivity index (χ0n) is 13.1. The van der Waals surface area contributed by atoms with Crippen LogP contribution < -0.4 is 5.32 Å². The van der Waals surface area contributed by atoms with Crippen LogP contribution in [0.15, 0.2) is 67.0 Å². The number of carbonyl (C=O) groups is 1. The van der Waals surface area contributed by atoms with Crippen LogP contribution in [0, 0.1) is 0 Å². The van der Waals surface area contributed by atoms with Crippen molar-refractivity contribution in [1.82, 2.24) is 15.3 Å². The van der Waals surface area contributed by atoms with Gasteiger partial charge in [0, 0.05) is 23.8 Å². The van der Waals surface area contributed by atoms with Crippen LogP contribution in [0.25, 0.3) is 0 Å². The maximum absolute atomic E-state index is 12.5. The van der Waals surface area contributed by atoms with Crippen molar-refractivity contribution < 1.29 is 4.79 Å². The third kappa shape index (κ3) is 4.24. The van der Waals surface area contributed by atoms with Gasteiger partial charge in [-0.1, -0.05) is 60.1 Å². The van der Waals surface area contributed by atoms with Crippen LogP contribution in [-0.4, -0.2) is 15.9 Å². The van der Waals surface area contributed by atoms with Gasteiger partial charge in [0.2, 0.25) is 5.91 Å². The standard InChI is InChI=1S/C19H18ClN3O/c20-16-9-5-4-8-15(16)12-19(24)23-17(13-18-21-10-11-22-18)14-6-2-1-3-7-14/h1-11,17H,12-13H2,(H,21,22)(H,23,24)/t17-/m0/s1. The molecule has 1 heterocycles. The van der Waals surface area contributed by atoms with E-state index in [1.807, 2.05) is 48.5 Å². The van der Waals surface area contributed by atoms with E-state index in [2.05, 4.69) is 15.3 Å². The number of nitrogens with zero attached hydrogens (tertiary/aromatic N) is 1. The molecule has 2 aromatic carbocycles. The molecule has 0 aliphatic rings. The Bertz CT molecular complexity index is 787. The number of rotatable bonds is 6. The van der Waals surface area contributed by atoms with Crippen LogP contribution in [-0.2, 0) is 17.6 Å². The molecule has 0 radical (unpaired) electrons. The van der Waals surface area contributed by atoms with E-state index in [9.17, 15) is 4.79 Å². The number of aromatic amines is 1. The molecule has 5 heteroatoms. The molecule has 3 rings (SSSR count). The predicted octanol–water partition coefficient (Wildman–Crippen LogP) is 3.71. The first-order chi connectivity index (χ1) is 11.7. The number of aromatic nitrogens is 2. The van der Waals surface area contributed by atoms with Crippen LogP contribution in [0.5, 0.6) is 0 Å². The Morgan fingerprint density at radius 3 is 2.58 bits per heavy atom. The molecule has 122 valence electrons. The number of carbonyl (C=O) groups excluding carboxylic acids is 1. The van der Waals surface area contributed by atoms with Crippen molar-refractivity contribution in [3.05, 3.63) is 89.0 Å². The van der Waals surface area contributed by atoms with Crippen LogP contribution in [0.4, 0.5) is 0 Å². The van der Waals surface area contributed by atoms with E-state index in [1.165, 1.54) is 0 Å². The van der Waals surface area contributed by atoms with Gasteiger partial charge in [0.05, 0.1) is 12.5 Å². The largest absolute Gasteiger partial charge is 0.349 e. The van der Waals surface area contributed by atoms with Crippen molar-refractivity contribution >= 4 is 17.5 Å². The fourth-order valence-corrected chi connectivity index (χ4v) is 2.80. The van der Waals surface area contributed by atoms with E-state index in [4.69, 9.17) is 11.6 Å². The lowest BCUT2D eigenvalue weighted by molar-refractivity contribution is -0.121. The van der Waals surface area contributed by atoms with Crippen molar-refractivity contribution in [3.8, 4) is 0 Å². The molecule has 0 unspecified atom stereocenters. The fourth-order valence-electron chi connectivity index (χ4n) is 2.60. The van der Waals surface area contributed by atoms with Crippen molar-refractivity contribution in [2.75, 3.05) is 0 Å². The molecule has 0 bridgehead atoms. The number of H-pyrrole nitrogens is 1. The number of nitrogens with one attached hydrogen (secondary N) is 2. The van der Waals surface area contributed by atoms with Crippen molar-refractivity contribution in [3.63, 3.8) is 0 Å². The molecular weight excluding hydrogens is 322 g/mol. The predicted molar refractivity (Wildman–Crippen MR) is 94.8 cm³/mol. The lowest BCUT2D eigenvalue weighted by Crippen LogP contribution is -2.31. The van der Waals surface area contributed by atoms with Gasteiger partial charge < -0.3 is 10.3 Å². The zero-order chi connectivity index (χ0) is 16.8. The van der Waals surface area contributed by atoms with Gasteiger partial charge in [-0.25, -0.2) is 4.98 Å². The number of amides is 1. The summed E-state index contributed by atoms with van der Waals surface area (Å²) in [5, 5.41) is 3.70. The molecule has 1 atom stereocenters. The Kier molecular flexibility index (Phi) is 5.29. The maximum Gasteiger partial charge on any atom is 0.224 e. The fraction of sp³-hybridized carbons (Fsp3) is 0.158. The van der Waals surface area contributed by atoms with Gasteiger partial charge in [-0.3, -0.25) is 4.79 Å². The second kappa shape index (κ2) is 7.79. The Morgan fingerprint density at radius 2 is 1.88 bits per heavy atom. The van der Waals surface area contributed by atoms with E-state index in [1.54, 1.807) is 18.5 Å². The van der Waals surface area contributed by atoms with Crippen LogP contribution >= 0.6 is 11.6 Å². The Hall–Kier alpha value is -2.59. The van der Waals surface area contributed by atoms with E-state index in [-0.39, 0.29) is 18.4 Å². The second-order valence-corrected chi connectivity index (χ2v) is 5.95. The van der Waals surface area contributed by atoms with Crippen molar-refractivity contribution in [2.24, 2.45) is 0 Å². The smallest absolute Gasteiger partial charge is 0.224 e. The summed E-state index contributed by atoms with van der Waals surface area (Å²) in [6.45, 7) is 0. The molecule has 24 heavy (non-hydrogen) atoms. The number of imidazole rings is 1. The lowest BCUT2D eigenvalue weighted by atomic mass is 10.0. The quantitative estimate of drug-likeness (QED) is 0.719. The summed E-state index contributed by atoms with van der Waals surface area (Å²) < 4.78 is 0. The minimum absolute atomic E-state index is 0.0662. The lowest BCUT2D eigenvalue weighted by Gasteiger charge is -2.18. The first-order valence-corrected chi connectivity index (χ1v) is 8.16. The molecule has 1 aromatic heterocycles. The Balaban J connectivity index is 1.74. The van der Waals surface area contributed by atoms with Crippen LogP contribution in [0.3, 0.4) is 0 Å². The SMILES string of the molecule is O=C(Cc1ccccc1Cl)N[C@@H](Cc1ncc[nH]1)c1ccccc1. The number of benzene rings is 2. The highest BCUT2D eigenvalue weighted by Gasteiger charge is 2.17. The van der Waals surface area contributed by atoms with Gasteiger partial charge in [-0.2, -0.15) is 0 Å². The average Bonchev–Trinajstić information content (AvgIpc) is 3.10. The summed E-state index contributed by atoms with van der Waals surface area (Å²) in [5.41, 5.74) is 1.86. The monoisotopic (exact) mass is 339 g/mol. The van der Waals surface area contributed by atoms with Gasteiger partial charge >= 0.3 is 0 Å². The first kappa shape index (κ1) is 16.3. The molecule has 0 saturated heterocycles. The minimum Gasteiger partial charge on any atom is -0.349 e. The molecule has 0 spiro atoms. The Labute approximate surface area is 145 Å². The van der Waals surface area contributed by atoms with Crippen LogP contribution in [0.2, 0.25) is 5.02 Å². The van der Waals surface area contributed by atoms with E-state index >= 15 is 0 Å². The maximum atomic E-state index is 12.5. The molecule has 4 nitrogen and oxygen atoms in total. The van der Waals surface area contributed by atoms with Gasteiger partial charge in [-0.15, -0.1) is 0 Å². The highest BCUT2D eigenvalue weighted by atomic mass is 35.5. The van der Waals surface area contributed by atoms with E-state index < -0.39 is 0 Å². The van der Waals surface area contributed by atoms with E-state index in [0.29, 0.717) is 11.4 Å². The average molecular weight is 340 g/mol. The van der Waals surface area contributed by atoms with Gasteiger partial charge in [-0.05, 0) is 17.2 Å². The zero-order valence-corrected chi connectivity index (χ0v) is 13.8. The molecule has 0 saturated carbocycles. The molecule has 0 aliphatic heterocycles. The van der Waals surface area contributed by atoms with Crippen LogP contribution in [0.1, 0.15) is 23.0 Å². The topological polar surface area (TPSA) is 57.8 Å². The Morgan fingerprint density at radius 1 is 1.12 bits per heavy atom. The summed E-state index contributed by atoms with van der Waals surface area (Å²) in [6, 6.07) is 17.1. The third-order valence-corrected chi connectivity index (χ3v) is 4.17. The summed E-state index contributed by atoms with van der Waals surface area (Å²) in [7, 11) is 0. The van der Waals surface area contributed by atoms with Crippen molar-refractivity contribution in [1.29, 1.82) is 0 Å². The van der Waals surface area contributed by atoms with Gasteiger partial charge in [0.15, 0.2) is 0 Å². The first-order valence-electron chi connectivity index (χ1n) is 7.78. The summed E-state index contributed by atoms with van der Waals surface area (Å²) >= 11 is 6.14. The number of hydrogen-bond acceptors (Lipinski definition) is 2. The summed E-state index contributed by atoms with van der Waals surface area (Å²) in [5.74, 6) is 0.769. The normalized spacial score (nSPS) is 11.9. The molecule has 2 N–H and O–H groups in total. The minimum atomic E-state index is -0.146. The van der Waals surface area contributed by atoms with Gasteiger partial charge in [0.1, 0.15) is 5.82 Å². The summed E-state index contributed by atoms with van der Waals surface area (Å²) in [6.07, 6.45) is 4.35. The summed E-state index contributed by atoms with van der Waals surface area (Å²) in [4.78, 5) is 19.8. The molecule has 0 aliphatic carbocycles. The molecule has 0 fully saturated rings. The molecular formula is C19H18ClN3O. The number of halogens is 1. The van der Waals surface area contributed by atoms with Gasteiger partial charge in [0.25, 0.3) is 0 Å². The highest BCUT2D eigenvalue weighted by Crippen LogP contribution is 2.19. The second-order valence-electron chi connectivity index (χ2n) is 5.54. The number of hydrogen-bond donors (Lipinski definition) is 2. The van der Waals surface area contributed by atoms with Crippen molar-refractivity contribution in [2.45, 2.75) is 18.9 Å². The molecule has 1 amide bonds. The highest BCUT2D eigenvalue weighted by molar-refractivity contribution is 6.31.